The minimum absolute atomic E-state index is 0.165. The van der Waals surface area contributed by atoms with Gasteiger partial charge in [0, 0.05) is 29.5 Å². The Kier molecular flexibility index (Phi) is 4.00. The van der Waals surface area contributed by atoms with Crippen LogP contribution in [0.2, 0.25) is 0 Å². The lowest BCUT2D eigenvalue weighted by Crippen LogP contribution is -2.17. The first-order valence-electron chi connectivity index (χ1n) is 6.09. The first-order chi connectivity index (χ1) is 9.60. The SMILES string of the molecule is CNC(=O)c1ccc(NC(=O)c2ccc(N)cc2)cc1. The molecule has 2 rings (SSSR count). The van der Waals surface area contributed by atoms with Crippen LogP contribution in [-0.2, 0) is 0 Å². The molecule has 20 heavy (non-hydrogen) atoms. The van der Waals surface area contributed by atoms with Gasteiger partial charge in [0.1, 0.15) is 0 Å². The number of rotatable bonds is 3. The van der Waals surface area contributed by atoms with Crippen LogP contribution in [0.15, 0.2) is 48.5 Å². The smallest absolute Gasteiger partial charge is 0.255 e. The maximum atomic E-state index is 12.0. The summed E-state index contributed by atoms with van der Waals surface area (Å²) >= 11 is 0. The van der Waals surface area contributed by atoms with E-state index in [-0.39, 0.29) is 11.8 Å². The van der Waals surface area contributed by atoms with Crippen molar-refractivity contribution in [2.75, 3.05) is 18.1 Å². The van der Waals surface area contributed by atoms with E-state index in [9.17, 15) is 9.59 Å². The summed E-state index contributed by atoms with van der Waals surface area (Å²) in [5.41, 5.74) is 7.86. The highest BCUT2D eigenvalue weighted by Crippen LogP contribution is 2.12. The van der Waals surface area contributed by atoms with Crippen molar-refractivity contribution >= 4 is 23.2 Å². The number of carbonyl (C=O) groups excluding carboxylic acids is 2. The van der Waals surface area contributed by atoms with E-state index in [1.807, 2.05) is 0 Å². The van der Waals surface area contributed by atoms with Gasteiger partial charge in [-0.3, -0.25) is 9.59 Å². The summed E-state index contributed by atoms with van der Waals surface area (Å²) < 4.78 is 0. The average molecular weight is 269 g/mol. The van der Waals surface area contributed by atoms with Gasteiger partial charge in [-0.2, -0.15) is 0 Å². The third-order valence-electron chi connectivity index (χ3n) is 2.80. The number of anilines is 2. The van der Waals surface area contributed by atoms with Crippen molar-refractivity contribution in [1.82, 2.24) is 5.32 Å². The lowest BCUT2D eigenvalue weighted by molar-refractivity contribution is 0.0962. The number of carbonyl (C=O) groups is 2. The van der Waals surface area contributed by atoms with Crippen molar-refractivity contribution in [3.63, 3.8) is 0 Å². The molecular weight excluding hydrogens is 254 g/mol. The van der Waals surface area contributed by atoms with Crippen molar-refractivity contribution in [1.29, 1.82) is 0 Å². The van der Waals surface area contributed by atoms with Crippen molar-refractivity contribution in [2.45, 2.75) is 0 Å². The zero-order valence-electron chi connectivity index (χ0n) is 11.0. The van der Waals surface area contributed by atoms with Crippen LogP contribution in [0.3, 0.4) is 0 Å². The minimum Gasteiger partial charge on any atom is -0.399 e. The highest BCUT2D eigenvalue weighted by molar-refractivity contribution is 6.04. The molecular formula is C15H15N3O2. The number of amides is 2. The Morgan fingerprint density at radius 2 is 1.35 bits per heavy atom. The van der Waals surface area contributed by atoms with E-state index in [1.54, 1.807) is 55.6 Å². The Bertz CT molecular complexity index is 619. The zero-order valence-corrected chi connectivity index (χ0v) is 11.0. The van der Waals surface area contributed by atoms with Crippen LogP contribution < -0.4 is 16.4 Å². The lowest BCUT2D eigenvalue weighted by atomic mass is 10.1. The molecule has 0 aliphatic rings. The Hall–Kier alpha value is -2.82. The predicted octanol–water partition coefficient (Wildman–Crippen LogP) is 1.88. The van der Waals surface area contributed by atoms with Crippen LogP contribution in [0.1, 0.15) is 20.7 Å². The first-order valence-corrected chi connectivity index (χ1v) is 6.09. The summed E-state index contributed by atoms with van der Waals surface area (Å²) in [5.74, 6) is -0.390. The number of nitrogen functional groups attached to an aromatic ring is 1. The molecule has 2 aromatic rings. The van der Waals surface area contributed by atoms with Gasteiger partial charge < -0.3 is 16.4 Å². The Morgan fingerprint density at radius 3 is 1.90 bits per heavy atom. The van der Waals surface area contributed by atoms with E-state index in [0.717, 1.165) is 0 Å². The molecule has 0 heterocycles. The Morgan fingerprint density at radius 1 is 0.850 bits per heavy atom. The first kappa shape index (κ1) is 13.6. The van der Waals surface area contributed by atoms with Gasteiger partial charge in [-0.05, 0) is 48.5 Å². The number of benzene rings is 2. The van der Waals surface area contributed by atoms with Crippen LogP contribution in [0.5, 0.6) is 0 Å². The maximum Gasteiger partial charge on any atom is 0.255 e. The van der Waals surface area contributed by atoms with Crippen LogP contribution in [0.25, 0.3) is 0 Å². The molecule has 4 N–H and O–H groups in total. The lowest BCUT2D eigenvalue weighted by Gasteiger charge is -2.06. The van der Waals surface area contributed by atoms with Crippen LogP contribution in [-0.4, -0.2) is 18.9 Å². The molecule has 0 saturated carbocycles. The second-order valence-corrected chi connectivity index (χ2v) is 4.23. The van der Waals surface area contributed by atoms with Crippen LogP contribution in [0, 0.1) is 0 Å². The van der Waals surface area contributed by atoms with Gasteiger partial charge in [-0.15, -0.1) is 0 Å². The molecule has 0 spiro atoms. The van der Waals surface area contributed by atoms with Gasteiger partial charge in [0.05, 0.1) is 0 Å². The van der Waals surface area contributed by atoms with Crippen molar-refractivity contribution in [2.24, 2.45) is 0 Å². The Labute approximate surface area is 116 Å². The molecule has 0 unspecified atom stereocenters. The van der Waals surface area contributed by atoms with E-state index in [4.69, 9.17) is 5.73 Å². The third kappa shape index (κ3) is 3.14. The summed E-state index contributed by atoms with van der Waals surface area (Å²) in [6.07, 6.45) is 0. The number of nitrogens with two attached hydrogens (primary N) is 1. The standard InChI is InChI=1S/C15H15N3O2/c1-17-14(19)10-4-8-13(9-5-10)18-15(20)11-2-6-12(16)7-3-11/h2-9H,16H2,1H3,(H,17,19)(H,18,20). The van der Waals surface area contributed by atoms with E-state index in [1.165, 1.54) is 0 Å². The van der Waals surface area contributed by atoms with Gasteiger partial charge in [0.2, 0.25) is 0 Å². The molecule has 0 aliphatic heterocycles. The molecule has 5 nitrogen and oxygen atoms in total. The zero-order chi connectivity index (χ0) is 14.5. The molecule has 0 radical (unpaired) electrons. The van der Waals surface area contributed by atoms with Gasteiger partial charge in [-0.25, -0.2) is 0 Å². The molecule has 2 amide bonds. The van der Waals surface area contributed by atoms with Crippen molar-refractivity contribution in [3.8, 4) is 0 Å². The molecule has 2 aromatic carbocycles. The quantitative estimate of drug-likeness (QED) is 0.744. The highest BCUT2D eigenvalue weighted by Gasteiger charge is 2.07. The molecule has 0 atom stereocenters. The summed E-state index contributed by atoms with van der Waals surface area (Å²) in [6, 6.07) is 13.3. The number of nitrogens with one attached hydrogen (secondary N) is 2. The fourth-order valence-electron chi connectivity index (χ4n) is 1.69. The molecule has 102 valence electrons. The van der Waals surface area contributed by atoms with Gasteiger partial charge in [0.25, 0.3) is 11.8 Å². The second-order valence-electron chi connectivity index (χ2n) is 4.23. The second kappa shape index (κ2) is 5.88. The summed E-state index contributed by atoms with van der Waals surface area (Å²) in [4.78, 5) is 23.4. The summed E-state index contributed by atoms with van der Waals surface area (Å²) in [7, 11) is 1.57. The molecule has 0 aromatic heterocycles. The van der Waals surface area contributed by atoms with Crippen molar-refractivity contribution < 1.29 is 9.59 Å². The van der Waals surface area contributed by atoms with E-state index in [2.05, 4.69) is 10.6 Å². The minimum atomic E-state index is -0.224. The molecule has 0 fully saturated rings. The maximum absolute atomic E-state index is 12.0. The monoisotopic (exact) mass is 269 g/mol. The molecule has 0 aliphatic carbocycles. The van der Waals surface area contributed by atoms with Crippen molar-refractivity contribution in [3.05, 3.63) is 59.7 Å². The predicted molar refractivity (Wildman–Crippen MR) is 78.6 cm³/mol. The van der Waals surface area contributed by atoms with E-state index < -0.39 is 0 Å². The number of hydrogen-bond acceptors (Lipinski definition) is 3. The molecule has 5 heteroatoms. The normalized spacial score (nSPS) is 9.85. The summed E-state index contributed by atoms with van der Waals surface area (Å²) in [6.45, 7) is 0. The van der Waals surface area contributed by atoms with Gasteiger partial charge in [-0.1, -0.05) is 0 Å². The van der Waals surface area contributed by atoms with Gasteiger partial charge >= 0.3 is 0 Å². The largest absolute Gasteiger partial charge is 0.399 e. The highest BCUT2D eigenvalue weighted by atomic mass is 16.2. The van der Waals surface area contributed by atoms with Crippen LogP contribution >= 0.6 is 0 Å². The fraction of sp³-hybridized carbons (Fsp3) is 0.0667. The fourth-order valence-corrected chi connectivity index (χ4v) is 1.69. The third-order valence-corrected chi connectivity index (χ3v) is 2.80. The number of hydrogen-bond donors (Lipinski definition) is 3. The topological polar surface area (TPSA) is 84.2 Å². The van der Waals surface area contributed by atoms with E-state index >= 15 is 0 Å². The summed E-state index contributed by atoms with van der Waals surface area (Å²) in [5, 5.41) is 5.28. The van der Waals surface area contributed by atoms with E-state index in [0.29, 0.717) is 22.5 Å². The molecule has 0 bridgehead atoms. The average Bonchev–Trinajstić information content (AvgIpc) is 2.48. The Balaban J connectivity index is 2.08. The molecule has 0 saturated heterocycles. The van der Waals surface area contributed by atoms with Crippen LogP contribution in [0.4, 0.5) is 11.4 Å². The van der Waals surface area contributed by atoms with Gasteiger partial charge in [0.15, 0.2) is 0 Å².